The number of carbonyl (C=O) groups is 1. The van der Waals surface area contributed by atoms with Crippen LogP contribution in [0.1, 0.15) is 12.8 Å². The standard InChI is InChI=1S/C10H13ClN4O2/c11-8-7(12)9(14-5-13-8)15-3-1-6(2-4-15)10(16)17/h5-6H,1-4,12H2,(H,16,17)/p-1. The van der Waals surface area contributed by atoms with Gasteiger partial charge in [-0.15, -0.1) is 0 Å². The molecule has 0 saturated carbocycles. The lowest BCUT2D eigenvalue weighted by Crippen LogP contribution is -2.41. The van der Waals surface area contributed by atoms with Crippen molar-refractivity contribution >= 4 is 29.1 Å². The van der Waals surface area contributed by atoms with Crippen molar-refractivity contribution in [3.63, 3.8) is 0 Å². The molecule has 0 spiro atoms. The van der Waals surface area contributed by atoms with E-state index < -0.39 is 5.97 Å². The Balaban J connectivity index is 2.10. The number of halogens is 1. The number of hydrogen-bond acceptors (Lipinski definition) is 6. The van der Waals surface area contributed by atoms with Gasteiger partial charge in [-0.1, -0.05) is 11.6 Å². The van der Waals surface area contributed by atoms with E-state index in [9.17, 15) is 9.90 Å². The van der Waals surface area contributed by atoms with Crippen molar-refractivity contribution in [2.45, 2.75) is 12.8 Å². The summed E-state index contributed by atoms with van der Waals surface area (Å²) in [6, 6.07) is 0. The maximum atomic E-state index is 10.7. The van der Waals surface area contributed by atoms with Crippen LogP contribution in [0.25, 0.3) is 0 Å². The molecule has 0 atom stereocenters. The SMILES string of the molecule is Nc1c(Cl)ncnc1N1CCC(C(=O)[O-])CC1. The molecule has 7 heteroatoms. The minimum atomic E-state index is -0.988. The van der Waals surface area contributed by atoms with Gasteiger partial charge in [0.15, 0.2) is 11.0 Å². The van der Waals surface area contributed by atoms with Gasteiger partial charge in [0.25, 0.3) is 0 Å². The van der Waals surface area contributed by atoms with Crippen LogP contribution < -0.4 is 15.7 Å². The Morgan fingerprint density at radius 1 is 1.47 bits per heavy atom. The molecular weight excluding hydrogens is 244 g/mol. The van der Waals surface area contributed by atoms with Crippen LogP contribution in [0.15, 0.2) is 6.33 Å². The third kappa shape index (κ3) is 2.41. The molecule has 1 saturated heterocycles. The largest absolute Gasteiger partial charge is 0.550 e. The first kappa shape index (κ1) is 11.9. The average molecular weight is 256 g/mol. The summed E-state index contributed by atoms with van der Waals surface area (Å²) in [5.74, 6) is -0.801. The number of aliphatic carboxylic acids is 1. The average Bonchev–Trinajstić information content (AvgIpc) is 2.33. The number of aromatic nitrogens is 2. The molecule has 1 aromatic rings. The Morgan fingerprint density at radius 2 is 2.12 bits per heavy atom. The fraction of sp³-hybridized carbons (Fsp3) is 0.500. The zero-order chi connectivity index (χ0) is 12.4. The molecule has 2 heterocycles. The fourth-order valence-corrected chi connectivity index (χ4v) is 2.07. The van der Waals surface area contributed by atoms with Crippen LogP contribution in [0.4, 0.5) is 11.5 Å². The summed E-state index contributed by atoms with van der Waals surface area (Å²) in [6.45, 7) is 1.16. The molecule has 92 valence electrons. The Morgan fingerprint density at radius 3 is 2.71 bits per heavy atom. The number of nitrogen functional groups attached to an aromatic ring is 1. The van der Waals surface area contributed by atoms with Crippen molar-refractivity contribution in [2.24, 2.45) is 5.92 Å². The highest BCUT2D eigenvalue weighted by atomic mass is 35.5. The number of nitrogens with two attached hydrogens (primary N) is 1. The van der Waals surface area contributed by atoms with Crippen molar-refractivity contribution in [3.8, 4) is 0 Å². The maximum absolute atomic E-state index is 10.7. The van der Waals surface area contributed by atoms with E-state index in [2.05, 4.69) is 9.97 Å². The molecule has 6 nitrogen and oxygen atoms in total. The van der Waals surface area contributed by atoms with E-state index in [0.717, 1.165) is 0 Å². The molecule has 1 aromatic heterocycles. The number of hydrogen-bond donors (Lipinski definition) is 1. The van der Waals surface area contributed by atoms with Gasteiger partial charge in [-0.05, 0) is 12.8 Å². The first-order valence-electron chi connectivity index (χ1n) is 5.31. The number of rotatable bonds is 2. The molecule has 1 aliphatic heterocycles. The third-order valence-electron chi connectivity index (χ3n) is 2.94. The van der Waals surface area contributed by atoms with Gasteiger partial charge in [0.1, 0.15) is 12.0 Å². The molecule has 0 aliphatic carbocycles. The monoisotopic (exact) mass is 255 g/mol. The minimum Gasteiger partial charge on any atom is -0.550 e. The highest BCUT2D eigenvalue weighted by Gasteiger charge is 2.22. The molecule has 1 fully saturated rings. The molecule has 0 bridgehead atoms. The van der Waals surface area contributed by atoms with E-state index in [1.165, 1.54) is 6.33 Å². The normalized spacial score (nSPS) is 17.1. The smallest absolute Gasteiger partial charge is 0.157 e. The second-order valence-electron chi connectivity index (χ2n) is 3.98. The molecular formula is C10H12ClN4O2-. The summed E-state index contributed by atoms with van der Waals surface area (Å²) in [6.07, 6.45) is 2.41. The molecule has 2 N–H and O–H groups in total. The summed E-state index contributed by atoms with van der Waals surface area (Å²) in [5.41, 5.74) is 6.11. The Hall–Kier alpha value is -1.56. The van der Waals surface area contributed by atoms with Gasteiger partial charge in [0, 0.05) is 25.0 Å². The molecule has 0 unspecified atom stereocenters. The number of carbonyl (C=O) groups excluding carboxylic acids is 1. The Bertz CT molecular complexity index is 432. The number of carboxylic acids is 1. The van der Waals surface area contributed by atoms with E-state index >= 15 is 0 Å². The summed E-state index contributed by atoms with van der Waals surface area (Å²) in [7, 11) is 0. The van der Waals surface area contributed by atoms with E-state index in [0.29, 0.717) is 37.4 Å². The van der Waals surface area contributed by atoms with Crippen molar-refractivity contribution in [2.75, 3.05) is 23.7 Å². The van der Waals surface area contributed by atoms with Crippen molar-refractivity contribution in [3.05, 3.63) is 11.5 Å². The van der Waals surface area contributed by atoms with Crippen LogP contribution >= 0.6 is 11.6 Å². The minimum absolute atomic E-state index is 0.219. The van der Waals surface area contributed by atoms with Crippen LogP contribution in [0.3, 0.4) is 0 Å². The molecule has 17 heavy (non-hydrogen) atoms. The lowest BCUT2D eigenvalue weighted by atomic mass is 9.97. The van der Waals surface area contributed by atoms with Gasteiger partial charge < -0.3 is 20.5 Å². The molecule has 0 radical (unpaired) electrons. The summed E-state index contributed by atoms with van der Waals surface area (Å²) in [5, 5.41) is 10.9. The van der Waals surface area contributed by atoms with Gasteiger partial charge in [0.05, 0.1) is 0 Å². The first-order valence-corrected chi connectivity index (χ1v) is 5.69. The quantitative estimate of drug-likeness (QED) is 0.728. The maximum Gasteiger partial charge on any atom is 0.157 e. The molecule has 0 amide bonds. The number of anilines is 2. The van der Waals surface area contributed by atoms with E-state index in [4.69, 9.17) is 17.3 Å². The lowest BCUT2D eigenvalue weighted by Gasteiger charge is -2.33. The highest BCUT2D eigenvalue weighted by molar-refractivity contribution is 6.32. The van der Waals surface area contributed by atoms with Gasteiger partial charge in [-0.2, -0.15) is 0 Å². The number of carboxylic acid groups (broad SMARTS) is 1. The fourth-order valence-electron chi connectivity index (χ4n) is 1.94. The van der Waals surface area contributed by atoms with E-state index in [1.807, 2.05) is 4.90 Å². The Kier molecular flexibility index (Phi) is 3.33. The van der Waals surface area contributed by atoms with Crippen LogP contribution in [0.5, 0.6) is 0 Å². The van der Waals surface area contributed by atoms with Crippen LogP contribution in [0.2, 0.25) is 5.15 Å². The zero-order valence-electron chi connectivity index (χ0n) is 9.10. The topological polar surface area (TPSA) is 95.2 Å². The van der Waals surface area contributed by atoms with Crippen LogP contribution in [-0.2, 0) is 4.79 Å². The van der Waals surface area contributed by atoms with Crippen molar-refractivity contribution < 1.29 is 9.90 Å². The van der Waals surface area contributed by atoms with Crippen molar-refractivity contribution in [1.29, 1.82) is 0 Å². The summed E-state index contributed by atoms with van der Waals surface area (Å²) in [4.78, 5) is 20.5. The zero-order valence-corrected chi connectivity index (χ0v) is 9.85. The molecule has 2 rings (SSSR count). The molecule has 0 aromatic carbocycles. The Labute approximate surface area is 103 Å². The number of piperidine rings is 1. The first-order chi connectivity index (χ1) is 8.09. The van der Waals surface area contributed by atoms with Crippen LogP contribution in [-0.4, -0.2) is 29.0 Å². The van der Waals surface area contributed by atoms with Gasteiger partial charge in [0.2, 0.25) is 0 Å². The predicted molar refractivity (Wildman–Crippen MR) is 61.4 cm³/mol. The predicted octanol–water partition coefficient (Wildman–Crippen LogP) is -0.322. The van der Waals surface area contributed by atoms with E-state index in [-0.39, 0.29) is 11.1 Å². The van der Waals surface area contributed by atoms with Crippen molar-refractivity contribution in [1.82, 2.24) is 9.97 Å². The second kappa shape index (κ2) is 4.75. The molecule has 1 aliphatic rings. The summed E-state index contributed by atoms with van der Waals surface area (Å²) < 4.78 is 0. The number of nitrogens with zero attached hydrogens (tertiary/aromatic N) is 3. The third-order valence-corrected chi connectivity index (χ3v) is 3.24. The van der Waals surface area contributed by atoms with Gasteiger partial charge in [-0.25, -0.2) is 9.97 Å². The van der Waals surface area contributed by atoms with Crippen LogP contribution in [0, 0.1) is 5.92 Å². The van der Waals surface area contributed by atoms with E-state index in [1.54, 1.807) is 0 Å². The lowest BCUT2D eigenvalue weighted by molar-refractivity contribution is -0.312. The van der Waals surface area contributed by atoms with Gasteiger partial charge in [-0.3, -0.25) is 0 Å². The highest BCUT2D eigenvalue weighted by Crippen LogP contribution is 2.29. The van der Waals surface area contributed by atoms with Gasteiger partial charge >= 0.3 is 0 Å². The second-order valence-corrected chi connectivity index (χ2v) is 4.34. The summed E-state index contributed by atoms with van der Waals surface area (Å²) >= 11 is 5.81.